The van der Waals surface area contributed by atoms with Gasteiger partial charge >= 0.3 is 0 Å². The number of rotatable bonds is 6. The van der Waals surface area contributed by atoms with Crippen LogP contribution in [0.1, 0.15) is 25.8 Å². The minimum atomic E-state index is -2.02. The molecule has 0 bridgehead atoms. The van der Waals surface area contributed by atoms with Crippen LogP contribution >= 0.6 is 0 Å². The van der Waals surface area contributed by atoms with Gasteiger partial charge < -0.3 is 25.0 Å². The molecule has 154 valence electrons. The lowest BCUT2D eigenvalue weighted by Crippen LogP contribution is -2.62. The second kappa shape index (κ2) is 9.60. The molecule has 1 fully saturated rings. The molecule has 0 spiro atoms. The zero-order valence-corrected chi connectivity index (χ0v) is 17.2. The van der Waals surface area contributed by atoms with E-state index in [1.54, 1.807) is 13.8 Å². The second-order valence-electron chi connectivity index (χ2n) is 6.87. The maximum Gasteiger partial charge on any atom is 0.174 e. The van der Waals surface area contributed by atoms with Crippen molar-refractivity contribution in [3.05, 3.63) is 34.7 Å². The third-order valence-electron chi connectivity index (χ3n) is 4.81. The molecule has 2 unspecified atom stereocenters. The molecule has 1 aliphatic rings. The van der Waals surface area contributed by atoms with E-state index in [2.05, 4.69) is 4.72 Å². The molecular formula is C19H27N3O5S. The summed E-state index contributed by atoms with van der Waals surface area (Å²) < 4.78 is 20.5. The molecule has 1 heterocycles. The Morgan fingerprint density at radius 3 is 2.36 bits per heavy atom. The van der Waals surface area contributed by atoms with E-state index >= 15 is 0 Å². The van der Waals surface area contributed by atoms with Crippen molar-refractivity contribution in [2.45, 2.75) is 50.9 Å². The Morgan fingerprint density at radius 2 is 1.86 bits per heavy atom. The smallest absolute Gasteiger partial charge is 0.174 e. The summed E-state index contributed by atoms with van der Waals surface area (Å²) in [6.45, 7) is 3.43. The van der Waals surface area contributed by atoms with Gasteiger partial charge in [-0.25, -0.2) is 8.93 Å². The fraction of sp³-hybridized carbons (Fsp3) is 0.526. The molecule has 0 saturated carbocycles. The molecule has 8 nitrogen and oxygen atoms in total. The minimum Gasteiger partial charge on any atom is -0.388 e. The number of benzene rings is 1. The quantitative estimate of drug-likeness (QED) is 0.503. The van der Waals surface area contributed by atoms with Crippen LogP contribution in [0.2, 0.25) is 0 Å². The molecule has 9 heteroatoms. The SMILES string of the molecule is CC[C@H]1OC(O)[C@H](NS(=O)/C(C#N)=C(\C)c2ccc(N(C)C)cc2)[C@@H](O)[C@@H]1O. The van der Waals surface area contributed by atoms with Gasteiger partial charge in [0.05, 0.1) is 12.1 Å². The summed E-state index contributed by atoms with van der Waals surface area (Å²) in [7, 11) is 1.81. The van der Waals surface area contributed by atoms with Crippen LogP contribution in [0.4, 0.5) is 5.69 Å². The van der Waals surface area contributed by atoms with E-state index in [0.717, 1.165) is 11.3 Å². The number of allylic oxidation sites excluding steroid dienone is 2. The minimum absolute atomic E-state index is 0.0379. The number of aliphatic hydroxyl groups excluding tert-OH is 3. The van der Waals surface area contributed by atoms with E-state index in [4.69, 9.17) is 4.74 Å². The molecule has 6 atom stereocenters. The van der Waals surface area contributed by atoms with Crippen molar-refractivity contribution in [2.75, 3.05) is 19.0 Å². The third-order valence-corrected chi connectivity index (χ3v) is 6.06. The van der Waals surface area contributed by atoms with Crippen molar-refractivity contribution in [3.63, 3.8) is 0 Å². The van der Waals surface area contributed by atoms with Gasteiger partial charge in [0.15, 0.2) is 6.29 Å². The number of nitriles is 1. The molecule has 2 rings (SSSR count). The first kappa shape index (κ1) is 22.5. The Hall–Kier alpha value is -1.80. The Bertz CT molecular complexity index is 775. The number of anilines is 1. The van der Waals surface area contributed by atoms with E-state index in [1.165, 1.54) is 0 Å². The van der Waals surface area contributed by atoms with Crippen LogP contribution in [0.25, 0.3) is 5.57 Å². The number of ether oxygens (including phenoxy) is 1. The predicted octanol–water partition coefficient (Wildman–Crippen LogP) is 0.478. The fourth-order valence-corrected chi connectivity index (χ4v) is 4.10. The fourth-order valence-electron chi connectivity index (χ4n) is 3.00. The number of aliphatic hydroxyl groups is 3. The average molecular weight is 410 g/mol. The molecular weight excluding hydrogens is 382 g/mol. The summed E-state index contributed by atoms with van der Waals surface area (Å²) in [5.74, 6) is 0. The summed E-state index contributed by atoms with van der Waals surface area (Å²) in [6.07, 6.45) is -4.42. The summed E-state index contributed by atoms with van der Waals surface area (Å²) in [6, 6.07) is 8.13. The van der Waals surface area contributed by atoms with Crippen LogP contribution < -0.4 is 9.62 Å². The molecule has 1 aliphatic heterocycles. The van der Waals surface area contributed by atoms with Gasteiger partial charge in [-0.1, -0.05) is 19.1 Å². The standard InChI is InChI=1S/C19H27N3O5S/c1-5-14-17(23)18(24)16(19(25)27-14)21-28(26)15(10-20)11(2)12-6-8-13(9-7-12)22(3)4/h6-9,14,16-19,21,23-25H,5H2,1-4H3/b15-11+/t14-,16-,17-,18-,19?,28?/m1/s1. The van der Waals surface area contributed by atoms with Gasteiger partial charge in [0.1, 0.15) is 34.2 Å². The molecule has 4 N–H and O–H groups in total. The van der Waals surface area contributed by atoms with Crippen LogP contribution in [-0.4, -0.2) is 64.3 Å². The van der Waals surface area contributed by atoms with Crippen molar-refractivity contribution in [1.82, 2.24) is 4.72 Å². The largest absolute Gasteiger partial charge is 0.388 e. The second-order valence-corrected chi connectivity index (χ2v) is 8.06. The molecule has 1 saturated heterocycles. The number of hydrogen-bond donors (Lipinski definition) is 4. The Morgan fingerprint density at radius 1 is 1.25 bits per heavy atom. The number of nitrogens with zero attached hydrogens (tertiary/aromatic N) is 2. The van der Waals surface area contributed by atoms with Gasteiger partial charge in [0, 0.05) is 19.8 Å². The average Bonchev–Trinajstić information content (AvgIpc) is 2.68. The first-order chi connectivity index (χ1) is 13.2. The summed E-state index contributed by atoms with van der Waals surface area (Å²) in [4.78, 5) is 1.90. The van der Waals surface area contributed by atoms with Gasteiger partial charge in [0.25, 0.3) is 0 Å². The van der Waals surface area contributed by atoms with Gasteiger partial charge in [-0.3, -0.25) is 0 Å². The molecule has 0 aromatic heterocycles. The molecule has 1 aromatic carbocycles. The van der Waals surface area contributed by atoms with Gasteiger partial charge in [-0.15, -0.1) is 0 Å². The highest BCUT2D eigenvalue weighted by molar-refractivity contribution is 7.87. The van der Waals surface area contributed by atoms with E-state index < -0.39 is 41.6 Å². The van der Waals surface area contributed by atoms with E-state index in [1.807, 2.05) is 49.3 Å². The monoisotopic (exact) mass is 409 g/mol. The summed E-state index contributed by atoms with van der Waals surface area (Å²) >= 11 is 0. The number of hydrogen-bond acceptors (Lipinski definition) is 7. The zero-order valence-electron chi connectivity index (χ0n) is 16.4. The van der Waals surface area contributed by atoms with Gasteiger partial charge in [-0.2, -0.15) is 5.26 Å². The molecule has 0 aliphatic carbocycles. The van der Waals surface area contributed by atoms with E-state index in [-0.39, 0.29) is 4.91 Å². The van der Waals surface area contributed by atoms with Crippen LogP contribution in [0.5, 0.6) is 0 Å². The molecule has 0 amide bonds. The third kappa shape index (κ3) is 4.78. The van der Waals surface area contributed by atoms with Crippen molar-refractivity contribution in [3.8, 4) is 6.07 Å². The maximum absolute atomic E-state index is 12.7. The summed E-state index contributed by atoms with van der Waals surface area (Å²) in [5.41, 5.74) is 2.22. The van der Waals surface area contributed by atoms with E-state index in [0.29, 0.717) is 12.0 Å². The lowest BCUT2D eigenvalue weighted by molar-refractivity contribution is -0.244. The molecule has 28 heavy (non-hydrogen) atoms. The van der Waals surface area contributed by atoms with E-state index in [9.17, 15) is 24.8 Å². The summed E-state index contributed by atoms with van der Waals surface area (Å²) in [5, 5.41) is 40.0. The topological polar surface area (TPSA) is 126 Å². The van der Waals surface area contributed by atoms with Gasteiger partial charge in [-0.05, 0) is 36.6 Å². The van der Waals surface area contributed by atoms with Crippen LogP contribution in [-0.2, 0) is 15.7 Å². The highest BCUT2D eigenvalue weighted by Gasteiger charge is 2.44. The van der Waals surface area contributed by atoms with Crippen LogP contribution in [0.3, 0.4) is 0 Å². The van der Waals surface area contributed by atoms with Crippen molar-refractivity contribution in [2.24, 2.45) is 0 Å². The van der Waals surface area contributed by atoms with Crippen molar-refractivity contribution in [1.29, 1.82) is 5.26 Å². The van der Waals surface area contributed by atoms with Crippen LogP contribution in [0, 0.1) is 11.3 Å². The Kier molecular flexibility index (Phi) is 7.71. The lowest BCUT2D eigenvalue weighted by atomic mass is 9.96. The van der Waals surface area contributed by atoms with Gasteiger partial charge in [0.2, 0.25) is 0 Å². The highest BCUT2D eigenvalue weighted by Crippen LogP contribution is 2.25. The normalized spacial score (nSPS) is 29.6. The molecule has 1 aromatic rings. The number of nitrogens with one attached hydrogen (secondary N) is 1. The zero-order chi connectivity index (χ0) is 21.0. The predicted molar refractivity (Wildman–Crippen MR) is 107 cm³/mol. The Labute approximate surface area is 167 Å². The van der Waals surface area contributed by atoms with Crippen LogP contribution in [0.15, 0.2) is 29.2 Å². The van der Waals surface area contributed by atoms with Crippen molar-refractivity contribution >= 4 is 22.2 Å². The maximum atomic E-state index is 12.7. The highest BCUT2D eigenvalue weighted by atomic mass is 32.2. The Balaban J connectivity index is 2.23. The lowest BCUT2D eigenvalue weighted by Gasteiger charge is -2.40. The first-order valence-electron chi connectivity index (χ1n) is 8.97. The van der Waals surface area contributed by atoms with Crippen molar-refractivity contribution < 1.29 is 24.3 Å². The first-order valence-corrected chi connectivity index (χ1v) is 10.1. The molecule has 0 radical (unpaired) electrons.